The number of ether oxygens (including phenoxy) is 1. The molecule has 1 heterocycles. The van der Waals surface area contributed by atoms with Crippen LogP contribution in [0.1, 0.15) is 33.6 Å². The molecule has 114 valence electrons. The molecule has 0 spiro atoms. The van der Waals surface area contributed by atoms with Gasteiger partial charge in [-0.15, -0.1) is 0 Å². The van der Waals surface area contributed by atoms with Crippen LogP contribution in [0.25, 0.3) is 0 Å². The Hall–Kier alpha value is -0.170. The standard InChI is InChI=1S/C13H28N2O3S/c1-13(2,3)11-19(16,17)15(8-9-18-4)10-12-6-5-7-14-12/h12,14H,5-11H2,1-4H3. The van der Waals surface area contributed by atoms with Crippen LogP contribution in [0, 0.1) is 5.41 Å². The molecule has 1 N–H and O–H groups in total. The number of methoxy groups -OCH3 is 1. The highest BCUT2D eigenvalue weighted by Crippen LogP contribution is 2.20. The molecule has 0 aliphatic carbocycles. The third-order valence-corrected chi connectivity index (χ3v) is 5.49. The van der Waals surface area contributed by atoms with Crippen LogP contribution in [-0.4, -0.2) is 57.9 Å². The van der Waals surface area contributed by atoms with Crippen molar-refractivity contribution in [2.24, 2.45) is 5.41 Å². The van der Waals surface area contributed by atoms with Crippen molar-refractivity contribution in [3.8, 4) is 0 Å². The lowest BCUT2D eigenvalue weighted by molar-refractivity contribution is 0.175. The van der Waals surface area contributed by atoms with E-state index in [1.165, 1.54) is 0 Å². The quantitative estimate of drug-likeness (QED) is 0.762. The molecule has 0 aromatic rings. The molecular weight excluding hydrogens is 264 g/mol. The smallest absolute Gasteiger partial charge is 0.214 e. The lowest BCUT2D eigenvalue weighted by Gasteiger charge is -2.28. The van der Waals surface area contributed by atoms with Crippen LogP contribution in [0.5, 0.6) is 0 Å². The van der Waals surface area contributed by atoms with Gasteiger partial charge in [0.15, 0.2) is 0 Å². The molecule has 1 fully saturated rings. The predicted molar refractivity (Wildman–Crippen MR) is 77.7 cm³/mol. The van der Waals surface area contributed by atoms with Gasteiger partial charge in [0.2, 0.25) is 10.0 Å². The zero-order valence-corrected chi connectivity index (χ0v) is 13.4. The van der Waals surface area contributed by atoms with E-state index in [0.717, 1.165) is 19.4 Å². The van der Waals surface area contributed by atoms with Gasteiger partial charge in [0.25, 0.3) is 0 Å². The second kappa shape index (κ2) is 7.02. The largest absolute Gasteiger partial charge is 0.383 e. The number of rotatable bonds is 7. The predicted octanol–water partition coefficient (Wildman–Crippen LogP) is 1.06. The molecule has 1 aliphatic heterocycles. The number of hydrogen-bond acceptors (Lipinski definition) is 4. The van der Waals surface area contributed by atoms with Gasteiger partial charge in [-0.2, -0.15) is 4.31 Å². The van der Waals surface area contributed by atoms with Crippen molar-refractivity contribution in [3.63, 3.8) is 0 Å². The monoisotopic (exact) mass is 292 g/mol. The van der Waals surface area contributed by atoms with E-state index in [2.05, 4.69) is 5.32 Å². The van der Waals surface area contributed by atoms with E-state index in [1.807, 2.05) is 20.8 Å². The summed E-state index contributed by atoms with van der Waals surface area (Å²) < 4.78 is 31.6. The number of nitrogens with zero attached hydrogens (tertiary/aromatic N) is 1. The van der Waals surface area contributed by atoms with Crippen LogP contribution >= 0.6 is 0 Å². The van der Waals surface area contributed by atoms with Crippen molar-refractivity contribution >= 4 is 10.0 Å². The summed E-state index contributed by atoms with van der Waals surface area (Å²) in [5.74, 6) is 0.177. The Bertz CT molecular complexity index is 357. The molecule has 1 atom stereocenters. The van der Waals surface area contributed by atoms with Gasteiger partial charge in [0.1, 0.15) is 0 Å². The number of hydrogen-bond donors (Lipinski definition) is 1. The zero-order valence-electron chi connectivity index (χ0n) is 12.6. The Morgan fingerprint density at radius 1 is 1.37 bits per heavy atom. The molecule has 0 amide bonds. The van der Waals surface area contributed by atoms with Crippen LogP contribution in [0.4, 0.5) is 0 Å². The van der Waals surface area contributed by atoms with Gasteiger partial charge in [-0.25, -0.2) is 8.42 Å². The molecule has 0 saturated carbocycles. The summed E-state index contributed by atoms with van der Waals surface area (Å²) in [6.45, 7) is 8.28. The summed E-state index contributed by atoms with van der Waals surface area (Å²) in [7, 11) is -1.63. The van der Waals surface area contributed by atoms with E-state index in [0.29, 0.717) is 19.7 Å². The highest BCUT2D eigenvalue weighted by molar-refractivity contribution is 7.89. The maximum atomic E-state index is 12.5. The highest BCUT2D eigenvalue weighted by Gasteiger charge is 2.30. The van der Waals surface area contributed by atoms with Gasteiger partial charge >= 0.3 is 0 Å². The van der Waals surface area contributed by atoms with Crippen molar-refractivity contribution in [2.75, 3.05) is 39.1 Å². The van der Waals surface area contributed by atoms with Crippen LogP contribution < -0.4 is 5.32 Å². The van der Waals surface area contributed by atoms with Gasteiger partial charge in [0, 0.05) is 26.2 Å². The second-order valence-corrected chi connectivity index (χ2v) is 8.43. The number of nitrogens with one attached hydrogen (secondary N) is 1. The van der Waals surface area contributed by atoms with Crippen molar-refractivity contribution in [1.82, 2.24) is 9.62 Å². The fourth-order valence-corrected chi connectivity index (χ4v) is 4.37. The average Bonchev–Trinajstić information content (AvgIpc) is 2.73. The first-order valence-electron chi connectivity index (χ1n) is 6.95. The normalized spacial score (nSPS) is 21.2. The molecule has 1 saturated heterocycles. The fourth-order valence-electron chi connectivity index (χ4n) is 2.33. The molecule has 0 bridgehead atoms. The Kier molecular flexibility index (Phi) is 6.23. The first-order chi connectivity index (χ1) is 8.74. The third kappa shape index (κ3) is 6.21. The topological polar surface area (TPSA) is 58.6 Å². The lowest BCUT2D eigenvalue weighted by atomic mass is 10.0. The SMILES string of the molecule is COCCN(CC1CCCN1)S(=O)(=O)CC(C)(C)C. The molecule has 19 heavy (non-hydrogen) atoms. The molecule has 5 nitrogen and oxygen atoms in total. The van der Waals surface area contributed by atoms with Crippen molar-refractivity contribution in [1.29, 1.82) is 0 Å². The summed E-state index contributed by atoms with van der Waals surface area (Å²) in [6, 6.07) is 0.284. The van der Waals surface area contributed by atoms with Crippen molar-refractivity contribution in [3.05, 3.63) is 0 Å². The minimum absolute atomic E-state index is 0.177. The van der Waals surface area contributed by atoms with Crippen LogP contribution in [0.3, 0.4) is 0 Å². The minimum Gasteiger partial charge on any atom is -0.383 e. The van der Waals surface area contributed by atoms with Gasteiger partial charge < -0.3 is 10.1 Å². The minimum atomic E-state index is -3.23. The first kappa shape index (κ1) is 16.9. The summed E-state index contributed by atoms with van der Waals surface area (Å²) in [5.41, 5.74) is -0.229. The summed E-state index contributed by atoms with van der Waals surface area (Å²) in [4.78, 5) is 0. The molecule has 0 aromatic carbocycles. The summed E-state index contributed by atoms with van der Waals surface area (Å²) in [6.07, 6.45) is 2.18. The van der Waals surface area contributed by atoms with E-state index >= 15 is 0 Å². The second-order valence-electron chi connectivity index (χ2n) is 6.46. The van der Waals surface area contributed by atoms with E-state index in [9.17, 15) is 8.42 Å². The van der Waals surface area contributed by atoms with Crippen LogP contribution in [-0.2, 0) is 14.8 Å². The Morgan fingerprint density at radius 2 is 2.05 bits per heavy atom. The van der Waals surface area contributed by atoms with E-state index in [-0.39, 0.29) is 17.2 Å². The lowest BCUT2D eigenvalue weighted by Crippen LogP contribution is -2.45. The maximum absolute atomic E-state index is 12.5. The van der Waals surface area contributed by atoms with Crippen LogP contribution in [0.2, 0.25) is 0 Å². The van der Waals surface area contributed by atoms with E-state index < -0.39 is 10.0 Å². The van der Waals surface area contributed by atoms with E-state index in [4.69, 9.17) is 4.74 Å². The third-order valence-electron chi connectivity index (χ3n) is 3.14. The Labute approximate surface area is 117 Å². The molecule has 1 unspecified atom stereocenters. The molecule has 1 aliphatic rings. The summed E-state index contributed by atoms with van der Waals surface area (Å²) in [5, 5.41) is 3.35. The first-order valence-corrected chi connectivity index (χ1v) is 8.56. The van der Waals surface area contributed by atoms with Crippen molar-refractivity contribution in [2.45, 2.75) is 39.7 Å². The zero-order chi connectivity index (χ0) is 14.5. The van der Waals surface area contributed by atoms with Gasteiger partial charge in [-0.05, 0) is 24.8 Å². The Balaban J connectivity index is 2.70. The molecule has 0 aromatic heterocycles. The molecular formula is C13H28N2O3S. The number of sulfonamides is 1. The molecule has 1 rings (SSSR count). The van der Waals surface area contributed by atoms with Gasteiger partial charge in [-0.1, -0.05) is 20.8 Å². The summed E-state index contributed by atoms with van der Waals surface area (Å²) >= 11 is 0. The van der Waals surface area contributed by atoms with Crippen LogP contribution in [0.15, 0.2) is 0 Å². The molecule has 0 radical (unpaired) electrons. The Morgan fingerprint density at radius 3 is 2.53 bits per heavy atom. The fraction of sp³-hybridized carbons (Fsp3) is 1.00. The highest BCUT2D eigenvalue weighted by atomic mass is 32.2. The molecule has 6 heteroatoms. The van der Waals surface area contributed by atoms with Crippen molar-refractivity contribution < 1.29 is 13.2 Å². The van der Waals surface area contributed by atoms with E-state index in [1.54, 1.807) is 11.4 Å². The maximum Gasteiger partial charge on any atom is 0.214 e. The average molecular weight is 292 g/mol. The van der Waals surface area contributed by atoms with Gasteiger partial charge in [0.05, 0.1) is 12.4 Å². The van der Waals surface area contributed by atoms with Gasteiger partial charge in [-0.3, -0.25) is 0 Å².